The lowest BCUT2D eigenvalue weighted by Crippen LogP contribution is -2.32. The Morgan fingerprint density at radius 1 is 1.27 bits per heavy atom. The van der Waals surface area contributed by atoms with Crippen molar-refractivity contribution in [3.05, 3.63) is 47.8 Å². The van der Waals surface area contributed by atoms with Crippen molar-refractivity contribution < 1.29 is 13.9 Å². The molecule has 2 aromatic carbocycles. The maximum absolute atomic E-state index is 14.9. The van der Waals surface area contributed by atoms with Crippen LogP contribution in [0.2, 0.25) is 0 Å². The summed E-state index contributed by atoms with van der Waals surface area (Å²) in [5.74, 6) is -0.408. The first-order valence-corrected chi connectivity index (χ1v) is 10.1. The van der Waals surface area contributed by atoms with Crippen molar-refractivity contribution in [3.63, 3.8) is 0 Å². The molecule has 1 aliphatic heterocycles. The molecular formula is C23H23FN4O2. The van der Waals surface area contributed by atoms with Gasteiger partial charge in [0.15, 0.2) is 5.82 Å². The topological polar surface area (TPSA) is 61.1 Å². The zero-order chi connectivity index (χ0) is 21.2. The number of esters is 1. The van der Waals surface area contributed by atoms with Crippen molar-refractivity contribution >= 4 is 33.6 Å². The fraction of sp³-hybridized carbons (Fsp3) is 0.304. The van der Waals surface area contributed by atoms with Crippen LogP contribution in [0, 0.1) is 5.82 Å². The molecule has 0 saturated carbocycles. The number of benzene rings is 2. The van der Waals surface area contributed by atoms with Crippen LogP contribution in [0.15, 0.2) is 36.4 Å². The van der Waals surface area contributed by atoms with Gasteiger partial charge in [-0.15, -0.1) is 0 Å². The Hall–Kier alpha value is -3.35. The van der Waals surface area contributed by atoms with E-state index in [4.69, 9.17) is 9.72 Å². The molecule has 5 rings (SSSR count). The highest BCUT2D eigenvalue weighted by Gasteiger charge is 2.30. The minimum atomic E-state index is -0.581. The molecule has 0 amide bonds. The minimum absolute atomic E-state index is 0.153. The summed E-state index contributed by atoms with van der Waals surface area (Å²) >= 11 is 0. The number of anilines is 1. The number of para-hydroxylation sites is 1. The molecule has 1 N–H and O–H groups in total. The summed E-state index contributed by atoms with van der Waals surface area (Å²) in [5.41, 5.74) is 4.12. The Morgan fingerprint density at radius 3 is 2.80 bits per heavy atom. The van der Waals surface area contributed by atoms with Crippen LogP contribution in [-0.2, 0) is 11.8 Å². The number of carbonyl (C=O) groups is 1. The molecule has 1 aliphatic rings. The molecule has 6 nitrogen and oxygen atoms in total. The van der Waals surface area contributed by atoms with Crippen LogP contribution in [0.5, 0.6) is 0 Å². The van der Waals surface area contributed by atoms with E-state index in [0.29, 0.717) is 16.9 Å². The highest BCUT2D eigenvalue weighted by atomic mass is 19.1. The molecule has 0 fully saturated rings. The van der Waals surface area contributed by atoms with E-state index in [9.17, 15) is 9.18 Å². The fourth-order valence-corrected chi connectivity index (χ4v) is 4.78. The lowest BCUT2D eigenvalue weighted by atomic mass is 10.0. The number of nitrogens with zero attached hydrogens (tertiary/aromatic N) is 3. The van der Waals surface area contributed by atoms with Gasteiger partial charge in [0.2, 0.25) is 0 Å². The summed E-state index contributed by atoms with van der Waals surface area (Å²) in [6.07, 6.45) is 0.948. The lowest BCUT2D eigenvalue weighted by Gasteiger charge is -2.34. The van der Waals surface area contributed by atoms with Crippen LogP contribution >= 0.6 is 0 Å². The van der Waals surface area contributed by atoms with Crippen molar-refractivity contribution in [2.75, 3.05) is 12.4 Å². The van der Waals surface area contributed by atoms with Gasteiger partial charge in [-0.25, -0.2) is 14.2 Å². The van der Waals surface area contributed by atoms with Crippen molar-refractivity contribution in [3.8, 4) is 11.5 Å². The second kappa shape index (κ2) is 6.58. The van der Waals surface area contributed by atoms with Gasteiger partial charge in [-0.1, -0.05) is 19.1 Å². The number of imidazole rings is 1. The summed E-state index contributed by atoms with van der Waals surface area (Å²) in [6, 6.07) is 11.6. The number of carbonyl (C=O) groups excluding carboxylic acids is 1. The highest BCUT2D eigenvalue weighted by molar-refractivity contribution is 5.98. The number of hydrogen-bond donors (Lipinski definition) is 1. The first-order valence-electron chi connectivity index (χ1n) is 10.1. The van der Waals surface area contributed by atoms with Crippen LogP contribution in [0.25, 0.3) is 33.5 Å². The van der Waals surface area contributed by atoms with Crippen molar-refractivity contribution in [1.82, 2.24) is 14.1 Å². The number of aryl methyl sites for hydroxylation is 1. The first kappa shape index (κ1) is 18.7. The Morgan fingerprint density at radius 2 is 2.07 bits per heavy atom. The minimum Gasteiger partial charge on any atom is -0.465 e. The van der Waals surface area contributed by atoms with E-state index < -0.39 is 11.8 Å². The second-order valence-corrected chi connectivity index (χ2v) is 7.86. The third-order valence-corrected chi connectivity index (χ3v) is 6.14. The summed E-state index contributed by atoms with van der Waals surface area (Å²) in [4.78, 5) is 16.7. The molecule has 0 aliphatic carbocycles. The van der Waals surface area contributed by atoms with E-state index in [-0.39, 0.29) is 17.6 Å². The molecule has 0 radical (unpaired) electrons. The molecule has 0 spiro atoms. The third kappa shape index (κ3) is 2.47. The van der Waals surface area contributed by atoms with Gasteiger partial charge < -0.3 is 19.2 Å². The standard InChI is InChI=1S/C23H23FN4O2/c1-5-18-12(2)25-16-8-6-7-13-11-19(28(18)20(13)16)22-26-17-10-14(23(29)30-4)9-15(24)21(17)27(22)3/h6-12,18,25H,5H2,1-4H3/t12?,18-/m1/s1. The molecule has 154 valence electrons. The molecule has 0 saturated heterocycles. The zero-order valence-electron chi connectivity index (χ0n) is 17.4. The summed E-state index contributed by atoms with van der Waals surface area (Å²) in [7, 11) is 3.09. The second-order valence-electron chi connectivity index (χ2n) is 7.86. The summed E-state index contributed by atoms with van der Waals surface area (Å²) in [5, 5.41) is 4.72. The van der Waals surface area contributed by atoms with Gasteiger partial charge in [-0.05, 0) is 37.6 Å². The van der Waals surface area contributed by atoms with Gasteiger partial charge >= 0.3 is 5.97 Å². The number of hydrogen-bond acceptors (Lipinski definition) is 4. The highest BCUT2D eigenvalue weighted by Crippen LogP contribution is 2.41. The predicted octanol–water partition coefficient (Wildman–Crippen LogP) is 4.89. The molecule has 3 heterocycles. The number of aromatic nitrogens is 3. The lowest BCUT2D eigenvalue weighted by molar-refractivity contribution is 0.0600. The van der Waals surface area contributed by atoms with Crippen LogP contribution in [0.4, 0.5) is 10.1 Å². The van der Waals surface area contributed by atoms with E-state index >= 15 is 0 Å². The number of halogens is 1. The number of fused-ring (bicyclic) bond motifs is 1. The normalized spacial score (nSPS) is 18.0. The molecule has 0 bridgehead atoms. The summed E-state index contributed by atoms with van der Waals surface area (Å²) in [6.45, 7) is 4.35. The summed E-state index contributed by atoms with van der Waals surface area (Å²) < 4.78 is 23.8. The zero-order valence-corrected chi connectivity index (χ0v) is 17.4. The fourth-order valence-electron chi connectivity index (χ4n) is 4.78. The molecule has 30 heavy (non-hydrogen) atoms. The maximum Gasteiger partial charge on any atom is 0.338 e. The van der Waals surface area contributed by atoms with Gasteiger partial charge in [0.1, 0.15) is 11.3 Å². The van der Waals surface area contributed by atoms with Gasteiger partial charge in [0, 0.05) is 18.5 Å². The monoisotopic (exact) mass is 406 g/mol. The van der Waals surface area contributed by atoms with Gasteiger partial charge in [0.25, 0.3) is 0 Å². The third-order valence-electron chi connectivity index (χ3n) is 6.14. The number of nitrogens with one attached hydrogen (secondary N) is 1. The molecule has 2 atom stereocenters. The van der Waals surface area contributed by atoms with Crippen LogP contribution in [0.1, 0.15) is 36.7 Å². The molecule has 4 aromatic rings. The Kier molecular flexibility index (Phi) is 4.10. The Labute approximate surface area is 173 Å². The average Bonchev–Trinajstić information content (AvgIpc) is 3.27. The van der Waals surface area contributed by atoms with E-state index in [1.807, 2.05) is 13.1 Å². The van der Waals surface area contributed by atoms with E-state index in [0.717, 1.165) is 28.7 Å². The Bertz CT molecular complexity index is 1320. The number of methoxy groups -OCH3 is 1. The predicted molar refractivity (Wildman–Crippen MR) is 115 cm³/mol. The molecule has 1 unspecified atom stereocenters. The number of rotatable bonds is 3. The maximum atomic E-state index is 14.9. The Balaban J connectivity index is 1.81. The van der Waals surface area contributed by atoms with E-state index in [1.54, 1.807) is 10.6 Å². The quantitative estimate of drug-likeness (QED) is 0.492. The van der Waals surface area contributed by atoms with Crippen LogP contribution in [0.3, 0.4) is 0 Å². The molecular weight excluding hydrogens is 383 g/mol. The van der Waals surface area contributed by atoms with E-state index in [2.05, 4.69) is 41.9 Å². The van der Waals surface area contributed by atoms with E-state index in [1.165, 1.54) is 13.2 Å². The average molecular weight is 406 g/mol. The van der Waals surface area contributed by atoms with Crippen LogP contribution < -0.4 is 5.32 Å². The van der Waals surface area contributed by atoms with Gasteiger partial charge in [-0.3, -0.25) is 0 Å². The molecule has 7 heteroatoms. The van der Waals surface area contributed by atoms with Crippen LogP contribution in [-0.4, -0.2) is 33.2 Å². The smallest absolute Gasteiger partial charge is 0.338 e. The SMILES string of the molecule is CC[C@@H]1C(C)Nc2cccc3cc(-c4nc5cc(C(=O)OC)cc(F)c5n4C)n1c23. The van der Waals surface area contributed by atoms with Crippen molar-refractivity contribution in [2.45, 2.75) is 32.4 Å². The molecule has 2 aromatic heterocycles. The number of ether oxygens (including phenoxy) is 1. The van der Waals surface area contributed by atoms with Crippen molar-refractivity contribution in [1.29, 1.82) is 0 Å². The largest absolute Gasteiger partial charge is 0.465 e. The van der Waals surface area contributed by atoms with Gasteiger partial charge in [0.05, 0.1) is 41.1 Å². The van der Waals surface area contributed by atoms with Crippen molar-refractivity contribution in [2.24, 2.45) is 7.05 Å². The first-order chi connectivity index (χ1) is 14.4. The van der Waals surface area contributed by atoms with Gasteiger partial charge in [-0.2, -0.15) is 0 Å².